The molecule has 0 aliphatic carbocycles. The van der Waals surface area contributed by atoms with E-state index in [9.17, 15) is 9.59 Å². The minimum atomic E-state index is -0.510. The fraction of sp³-hybridized carbons (Fsp3) is 0.231. The second-order valence-electron chi connectivity index (χ2n) is 7.11. The van der Waals surface area contributed by atoms with E-state index < -0.39 is 11.9 Å². The maximum Gasteiger partial charge on any atom is 0.338 e. The second-order valence-corrected chi connectivity index (χ2v) is 7.11. The molecule has 0 heterocycles. The van der Waals surface area contributed by atoms with Gasteiger partial charge in [-0.3, -0.25) is 0 Å². The molecule has 3 aromatic rings. The normalized spacial score (nSPS) is 10.6. The van der Waals surface area contributed by atoms with E-state index in [2.05, 4.69) is 0 Å². The predicted molar refractivity (Wildman–Crippen MR) is 119 cm³/mol. The highest BCUT2D eigenvalue weighted by Gasteiger charge is 2.20. The van der Waals surface area contributed by atoms with Gasteiger partial charge in [0.1, 0.15) is 0 Å². The zero-order chi connectivity index (χ0) is 22.8. The minimum absolute atomic E-state index is 0.133. The topological polar surface area (TPSA) is 71.1 Å². The van der Waals surface area contributed by atoms with Gasteiger partial charge in [-0.05, 0) is 34.4 Å². The smallest absolute Gasteiger partial charge is 0.338 e. The van der Waals surface area contributed by atoms with Crippen molar-refractivity contribution in [1.82, 2.24) is 0 Å². The minimum Gasteiger partial charge on any atom is -0.465 e. The molecule has 32 heavy (non-hydrogen) atoms. The molecule has 0 saturated heterocycles. The van der Waals surface area contributed by atoms with Crippen molar-refractivity contribution in [3.63, 3.8) is 0 Å². The molecule has 166 valence electrons. The van der Waals surface area contributed by atoms with Crippen molar-refractivity contribution in [3.05, 3.63) is 106 Å². The summed E-state index contributed by atoms with van der Waals surface area (Å²) in [4.78, 5) is 24.9. The van der Waals surface area contributed by atoms with E-state index in [1.165, 1.54) is 14.2 Å². The Morgan fingerprint density at radius 2 is 0.969 bits per heavy atom. The highest BCUT2D eigenvalue weighted by atomic mass is 16.5. The Hall–Kier alpha value is -3.48. The summed E-state index contributed by atoms with van der Waals surface area (Å²) < 4.78 is 21.5. The van der Waals surface area contributed by atoms with E-state index in [1.54, 1.807) is 12.1 Å². The average molecular weight is 434 g/mol. The summed E-state index contributed by atoms with van der Waals surface area (Å²) in [7, 11) is 2.63. The maximum absolute atomic E-state index is 12.4. The van der Waals surface area contributed by atoms with Crippen LogP contribution in [0, 0.1) is 0 Å². The molecule has 6 heteroatoms. The van der Waals surface area contributed by atoms with Gasteiger partial charge < -0.3 is 18.9 Å². The van der Waals surface area contributed by atoms with Gasteiger partial charge in [0.25, 0.3) is 0 Å². The molecule has 0 unspecified atom stereocenters. The number of ether oxygens (including phenoxy) is 4. The summed E-state index contributed by atoms with van der Waals surface area (Å²) in [5, 5.41) is 0. The van der Waals surface area contributed by atoms with Gasteiger partial charge >= 0.3 is 11.9 Å². The first-order valence-corrected chi connectivity index (χ1v) is 10.2. The second kappa shape index (κ2) is 11.8. The number of rotatable bonds is 10. The fourth-order valence-electron chi connectivity index (χ4n) is 3.23. The van der Waals surface area contributed by atoms with Crippen LogP contribution in [0.15, 0.2) is 72.8 Å². The Kier molecular flexibility index (Phi) is 8.54. The van der Waals surface area contributed by atoms with Crippen molar-refractivity contribution < 1.29 is 28.5 Å². The van der Waals surface area contributed by atoms with Crippen LogP contribution in [0.4, 0.5) is 0 Å². The summed E-state index contributed by atoms with van der Waals surface area (Å²) in [6.45, 7) is 1.01. The number of methoxy groups -OCH3 is 2. The van der Waals surface area contributed by atoms with Crippen LogP contribution < -0.4 is 0 Å². The average Bonchev–Trinajstić information content (AvgIpc) is 2.84. The van der Waals surface area contributed by atoms with E-state index in [0.29, 0.717) is 35.5 Å². The van der Waals surface area contributed by atoms with Crippen LogP contribution in [0.25, 0.3) is 0 Å². The molecule has 0 saturated carbocycles. The lowest BCUT2D eigenvalue weighted by Crippen LogP contribution is -2.14. The lowest BCUT2D eigenvalue weighted by Gasteiger charge is -2.15. The first kappa shape index (κ1) is 23.2. The fourth-order valence-corrected chi connectivity index (χ4v) is 3.23. The Morgan fingerprint density at radius 1 is 0.594 bits per heavy atom. The molecule has 0 aromatic heterocycles. The maximum atomic E-state index is 12.4. The standard InChI is InChI=1S/C26H26O6/c1-29-25(27)23-13-22(18-32-16-20-11-7-4-8-12-20)24(26(28)30-2)14-21(23)17-31-15-19-9-5-3-6-10-19/h3-14H,15-18H2,1-2H3. The molecule has 3 rings (SSSR count). The van der Waals surface area contributed by atoms with Gasteiger partial charge in [-0.15, -0.1) is 0 Å². The number of carbonyl (C=O) groups is 2. The zero-order valence-electron chi connectivity index (χ0n) is 18.2. The quantitative estimate of drug-likeness (QED) is 0.431. The lowest BCUT2D eigenvalue weighted by atomic mass is 9.98. The summed E-state index contributed by atoms with van der Waals surface area (Å²) in [5.74, 6) is -1.02. The number of hydrogen-bond donors (Lipinski definition) is 0. The number of esters is 2. The van der Waals surface area contributed by atoms with Crippen LogP contribution in [0.1, 0.15) is 43.0 Å². The summed E-state index contributed by atoms with van der Waals surface area (Å²) in [6.07, 6.45) is 0. The molecule has 6 nitrogen and oxygen atoms in total. The van der Waals surface area contributed by atoms with E-state index in [4.69, 9.17) is 18.9 Å². The van der Waals surface area contributed by atoms with Crippen molar-refractivity contribution >= 4 is 11.9 Å². The SMILES string of the molecule is COC(=O)c1cc(COCc2ccccc2)c(C(=O)OC)cc1COCc1ccccc1. The van der Waals surface area contributed by atoms with E-state index >= 15 is 0 Å². The van der Waals surface area contributed by atoms with Gasteiger partial charge in [0.15, 0.2) is 0 Å². The highest BCUT2D eigenvalue weighted by Crippen LogP contribution is 2.22. The zero-order valence-corrected chi connectivity index (χ0v) is 18.2. The third-order valence-corrected chi connectivity index (χ3v) is 4.88. The highest BCUT2D eigenvalue weighted by molar-refractivity contribution is 5.96. The molecule has 0 aliphatic heterocycles. The predicted octanol–water partition coefficient (Wildman–Crippen LogP) is 4.69. The lowest BCUT2D eigenvalue weighted by molar-refractivity contribution is 0.0569. The molecule has 0 spiro atoms. The molecular weight excluding hydrogens is 408 g/mol. The Balaban J connectivity index is 1.81. The Morgan fingerprint density at radius 3 is 1.31 bits per heavy atom. The van der Waals surface area contributed by atoms with Crippen LogP contribution in [-0.2, 0) is 45.4 Å². The van der Waals surface area contributed by atoms with Gasteiger partial charge in [0.05, 0.1) is 51.8 Å². The van der Waals surface area contributed by atoms with Gasteiger partial charge in [0, 0.05) is 0 Å². The van der Waals surface area contributed by atoms with Crippen molar-refractivity contribution in [2.24, 2.45) is 0 Å². The van der Waals surface area contributed by atoms with Crippen LogP contribution in [0.2, 0.25) is 0 Å². The molecule has 0 atom stereocenters. The molecule has 0 bridgehead atoms. The molecule has 0 aliphatic rings. The van der Waals surface area contributed by atoms with Crippen LogP contribution in [-0.4, -0.2) is 26.2 Å². The number of benzene rings is 3. The Bertz CT molecular complexity index is 946. The van der Waals surface area contributed by atoms with Crippen LogP contribution in [0.3, 0.4) is 0 Å². The number of carbonyl (C=O) groups excluding carboxylic acids is 2. The summed E-state index contributed by atoms with van der Waals surface area (Å²) in [5.41, 5.74) is 3.75. The number of hydrogen-bond acceptors (Lipinski definition) is 6. The molecular formula is C26H26O6. The molecule has 3 aromatic carbocycles. The van der Waals surface area contributed by atoms with Crippen LogP contribution >= 0.6 is 0 Å². The molecule has 0 amide bonds. The molecule has 0 fully saturated rings. The van der Waals surface area contributed by atoms with Gasteiger partial charge in [0.2, 0.25) is 0 Å². The van der Waals surface area contributed by atoms with E-state index in [1.807, 2.05) is 60.7 Å². The molecule has 0 radical (unpaired) electrons. The molecule has 0 N–H and O–H groups in total. The van der Waals surface area contributed by atoms with Gasteiger partial charge in [-0.2, -0.15) is 0 Å². The third-order valence-electron chi connectivity index (χ3n) is 4.88. The largest absolute Gasteiger partial charge is 0.465 e. The van der Waals surface area contributed by atoms with Gasteiger partial charge in [-0.1, -0.05) is 60.7 Å². The van der Waals surface area contributed by atoms with E-state index in [0.717, 1.165) is 11.1 Å². The van der Waals surface area contributed by atoms with E-state index in [-0.39, 0.29) is 13.2 Å². The first-order valence-electron chi connectivity index (χ1n) is 10.2. The van der Waals surface area contributed by atoms with Crippen molar-refractivity contribution in [3.8, 4) is 0 Å². The van der Waals surface area contributed by atoms with Crippen molar-refractivity contribution in [1.29, 1.82) is 0 Å². The monoisotopic (exact) mass is 434 g/mol. The summed E-state index contributed by atoms with van der Waals surface area (Å²) in [6, 6.07) is 22.6. The van der Waals surface area contributed by atoms with Crippen molar-refractivity contribution in [2.75, 3.05) is 14.2 Å². The van der Waals surface area contributed by atoms with Crippen molar-refractivity contribution in [2.45, 2.75) is 26.4 Å². The van der Waals surface area contributed by atoms with Crippen LogP contribution in [0.5, 0.6) is 0 Å². The summed E-state index contributed by atoms with van der Waals surface area (Å²) >= 11 is 0. The van der Waals surface area contributed by atoms with Gasteiger partial charge in [-0.25, -0.2) is 9.59 Å². The Labute approximate surface area is 187 Å². The third kappa shape index (κ3) is 6.26. The first-order chi connectivity index (χ1) is 15.6.